The molecule has 0 saturated carbocycles. The maximum atomic E-state index is 13.2. The van der Waals surface area contributed by atoms with Gasteiger partial charge < -0.3 is 19.2 Å². The minimum Gasteiger partial charge on any atom is -0.472 e. The molecule has 29 heavy (non-hydrogen) atoms. The number of nitrogens with one attached hydrogen (secondary N) is 1. The summed E-state index contributed by atoms with van der Waals surface area (Å²) in [5.41, 5.74) is 2.84. The van der Waals surface area contributed by atoms with Crippen LogP contribution in [0.2, 0.25) is 0 Å². The zero-order chi connectivity index (χ0) is 19.8. The lowest BCUT2D eigenvalue weighted by atomic mass is 9.84. The fourth-order valence-electron chi connectivity index (χ4n) is 5.10. The molecule has 5 heterocycles. The highest BCUT2D eigenvalue weighted by Crippen LogP contribution is 2.31. The molecule has 2 aromatic heterocycles. The van der Waals surface area contributed by atoms with E-state index in [-0.39, 0.29) is 11.5 Å². The number of carbonyl (C=O) groups excluding carboxylic acids is 1. The number of aromatic nitrogens is 1. The van der Waals surface area contributed by atoms with Gasteiger partial charge in [0, 0.05) is 63.0 Å². The minimum absolute atomic E-state index is 0.0228. The van der Waals surface area contributed by atoms with Gasteiger partial charge in [0.25, 0.3) is 11.5 Å². The third-order valence-electron chi connectivity index (χ3n) is 6.63. The van der Waals surface area contributed by atoms with Crippen LogP contribution in [0.5, 0.6) is 0 Å². The number of pyridine rings is 1. The van der Waals surface area contributed by atoms with Crippen molar-refractivity contribution in [1.29, 1.82) is 0 Å². The second kappa shape index (κ2) is 7.80. The molecule has 0 unspecified atom stereocenters. The predicted molar refractivity (Wildman–Crippen MR) is 109 cm³/mol. The van der Waals surface area contributed by atoms with Gasteiger partial charge in [0.2, 0.25) is 0 Å². The lowest BCUT2D eigenvalue weighted by Crippen LogP contribution is -2.45. The molecule has 7 nitrogen and oxygen atoms in total. The van der Waals surface area contributed by atoms with Crippen molar-refractivity contribution in [2.75, 3.05) is 39.3 Å². The van der Waals surface area contributed by atoms with Crippen molar-refractivity contribution >= 4 is 5.91 Å². The number of piperidine rings is 1. The zero-order valence-electron chi connectivity index (χ0n) is 16.7. The SMILES string of the molecule is O=C(c1ccoc1)N1CCCN(Cc2ccc3n(c2=O)C[C@@H]2CNC[C@H]3C2)CC1. The van der Waals surface area contributed by atoms with Gasteiger partial charge in [0.1, 0.15) is 6.26 Å². The molecule has 2 aromatic rings. The van der Waals surface area contributed by atoms with E-state index in [0.717, 1.165) is 51.3 Å². The van der Waals surface area contributed by atoms with E-state index in [1.54, 1.807) is 6.07 Å². The first kappa shape index (κ1) is 18.6. The maximum absolute atomic E-state index is 13.2. The highest BCUT2D eigenvalue weighted by atomic mass is 16.3. The molecule has 1 amide bonds. The number of hydrogen-bond acceptors (Lipinski definition) is 5. The van der Waals surface area contributed by atoms with Crippen LogP contribution in [0.15, 0.2) is 39.9 Å². The van der Waals surface area contributed by atoms with E-state index in [9.17, 15) is 9.59 Å². The molecule has 154 valence electrons. The second-order valence-electron chi connectivity index (χ2n) is 8.59. The molecule has 2 bridgehead atoms. The summed E-state index contributed by atoms with van der Waals surface area (Å²) >= 11 is 0. The van der Waals surface area contributed by atoms with E-state index in [1.807, 2.05) is 15.5 Å². The summed E-state index contributed by atoms with van der Waals surface area (Å²) < 4.78 is 7.07. The van der Waals surface area contributed by atoms with Crippen LogP contribution in [0.4, 0.5) is 0 Å². The Bertz CT molecular complexity index is 936. The number of carbonyl (C=O) groups is 1. The minimum atomic E-state index is 0.0228. The van der Waals surface area contributed by atoms with Crippen molar-refractivity contribution in [2.24, 2.45) is 5.92 Å². The smallest absolute Gasteiger partial charge is 0.257 e. The normalized spacial score (nSPS) is 24.8. The van der Waals surface area contributed by atoms with Crippen LogP contribution in [-0.4, -0.2) is 59.5 Å². The topological polar surface area (TPSA) is 70.7 Å². The van der Waals surface area contributed by atoms with Crippen molar-refractivity contribution in [1.82, 2.24) is 19.7 Å². The number of furan rings is 1. The third-order valence-corrected chi connectivity index (χ3v) is 6.63. The van der Waals surface area contributed by atoms with Gasteiger partial charge in [-0.05, 0) is 37.4 Å². The molecule has 3 aliphatic rings. The van der Waals surface area contributed by atoms with Gasteiger partial charge >= 0.3 is 0 Å². The summed E-state index contributed by atoms with van der Waals surface area (Å²) in [7, 11) is 0. The summed E-state index contributed by atoms with van der Waals surface area (Å²) in [6.45, 7) is 6.55. The average molecular weight is 396 g/mol. The van der Waals surface area contributed by atoms with Gasteiger partial charge in [0.15, 0.2) is 0 Å². The number of amides is 1. The zero-order valence-corrected chi connectivity index (χ0v) is 16.7. The molecule has 0 aromatic carbocycles. The molecular weight excluding hydrogens is 368 g/mol. The molecule has 2 saturated heterocycles. The molecule has 3 aliphatic heterocycles. The first-order valence-corrected chi connectivity index (χ1v) is 10.7. The number of nitrogens with zero attached hydrogens (tertiary/aromatic N) is 3. The monoisotopic (exact) mass is 396 g/mol. The molecular formula is C22H28N4O3. The van der Waals surface area contributed by atoms with E-state index in [2.05, 4.69) is 16.3 Å². The van der Waals surface area contributed by atoms with Gasteiger partial charge in [-0.15, -0.1) is 0 Å². The van der Waals surface area contributed by atoms with Gasteiger partial charge in [-0.25, -0.2) is 0 Å². The van der Waals surface area contributed by atoms with Crippen LogP contribution in [0, 0.1) is 5.92 Å². The number of hydrogen-bond donors (Lipinski definition) is 1. The predicted octanol–water partition coefficient (Wildman–Crippen LogP) is 1.50. The Morgan fingerprint density at radius 1 is 1.14 bits per heavy atom. The van der Waals surface area contributed by atoms with Gasteiger partial charge in [0.05, 0.1) is 11.8 Å². The molecule has 2 atom stereocenters. The molecule has 1 N–H and O–H groups in total. The fraction of sp³-hybridized carbons (Fsp3) is 0.545. The van der Waals surface area contributed by atoms with Crippen molar-refractivity contribution in [3.8, 4) is 0 Å². The van der Waals surface area contributed by atoms with Crippen LogP contribution in [0.3, 0.4) is 0 Å². The Hall–Kier alpha value is -2.38. The van der Waals surface area contributed by atoms with Crippen LogP contribution in [0.25, 0.3) is 0 Å². The number of fused-ring (bicyclic) bond motifs is 4. The highest BCUT2D eigenvalue weighted by Gasteiger charge is 2.31. The summed E-state index contributed by atoms with van der Waals surface area (Å²) in [6, 6.07) is 5.91. The third kappa shape index (κ3) is 3.65. The quantitative estimate of drug-likeness (QED) is 0.851. The lowest BCUT2D eigenvalue weighted by molar-refractivity contribution is 0.0760. The largest absolute Gasteiger partial charge is 0.472 e. The van der Waals surface area contributed by atoms with E-state index in [0.29, 0.717) is 30.5 Å². The Kier molecular flexibility index (Phi) is 5.01. The van der Waals surface area contributed by atoms with Crippen LogP contribution < -0.4 is 10.9 Å². The Morgan fingerprint density at radius 3 is 2.93 bits per heavy atom. The molecule has 5 rings (SSSR count). The van der Waals surface area contributed by atoms with Crippen LogP contribution in [0.1, 0.15) is 40.4 Å². The van der Waals surface area contributed by atoms with E-state index >= 15 is 0 Å². The fourth-order valence-corrected chi connectivity index (χ4v) is 5.10. The van der Waals surface area contributed by atoms with E-state index in [4.69, 9.17) is 4.42 Å². The standard InChI is InChI=1S/C22H28N4O3/c27-21(18-4-9-29-15-18)25-6-1-5-24(7-8-25)14-17-2-3-20-19-10-16(11-23-12-19)13-26(20)22(17)28/h2-4,9,15-16,19,23H,1,5-8,10-14H2/t16-,19+/m0/s1. The van der Waals surface area contributed by atoms with Crippen molar-refractivity contribution in [3.05, 3.63) is 57.9 Å². The second-order valence-corrected chi connectivity index (χ2v) is 8.59. The van der Waals surface area contributed by atoms with Crippen LogP contribution in [-0.2, 0) is 13.1 Å². The molecule has 0 spiro atoms. The lowest BCUT2D eigenvalue weighted by Gasteiger charge is -2.37. The average Bonchev–Trinajstić information content (AvgIpc) is 3.17. The van der Waals surface area contributed by atoms with Crippen LogP contribution >= 0.6 is 0 Å². The van der Waals surface area contributed by atoms with Crippen molar-refractivity contribution in [3.63, 3.8) is 0 Å². The maximum Gasteiger partial charge on any atom is 0.257 e. The summed E-state index contributed by atoms with van der Waals surface area (Å²) in [4.78, 5) is 29.9. The van der Waals surface area contributed by atoms with Crippen molar-refractivity contribution < 1.29 is 9.21 Å². The summed E-state index contributed by atoms with van der Waals surface area (Å²) in [5, 5.41) is 3.50. The van der Waals surface area contributed by atoms with Gasteiger partial charge in [-0.2, -0.15) is 0 Å². The highest BCUT2D eigenvalue weighted by molar-refractivity contribution is 5.93. The van der Waals surface area contributed by atoms with Gasteiger partial charge in [-0.1, -0.05) is 6.07 Å². The van der Waals surface area contributed by atoms with Crippen molar-refractivity contribution in [2.45, 2.75) is 31.8 Å². The van der Waals surface area contributed by atoms with Gasteiger partial charge in [-0.3, -0.25) is 14.5 Å². The first-order chi connectivity index (χ1) is 14.2. The summed E-state index contributed by atoms with van der Waals surface area (Å²) in [6.07, 6.45) is 5.14. The number of rotatable bonds is 3. The summed E-state index contributed by atoms with van der Waals surface area (Å²) in [5.74, 6) is 1.05. The Balaban J connectivity index is 1.28. The van der Waals surface area contributed by atoms with E-state index < -0.39 is 0 Å². The molecule has 2 fully saturated rings. The Morgan fingerprint density at radius 2 is 2.07 bits per heavy atom. The molecule has 0 aliphatic carbocycles. The Labute approximate surface area is 170 Å². The first-order valence-electron chi connectivity index (χ1n) is 10.7. The molecule has 0 radical (unpaired) electrons. The molecule has 7 heteroatoms. The van der Waals surface area contributed by atoms with E-state index in [1.165, 1.54) is 24.6 Å².